The van der Waals surface area contributed by atoms with E-state index in [2.05, 4.69) is 10.6 Å². The van der Waals surface area contributed by atoms with Crippen LogP contribution in [0.15, 0.2) is 0 Å². The van der Waals surface area contributed by atoms with Gasteiger partial charge in [0.2, 0.25) is 17.7 Å². The zero-order chi connectivity index (χ0) is 11.8. The molecule has 0 heterocycles. The molecule has 0 rings (SSSR count). The summed E-state index contributed by atoms with van der Waals surface area (Å²) in [7, 11) is 1.52. The van der Waals surface area contributed by atoms with Gasteiger partial charge in [0.15, 0.2) is 0 Å². The molecule has 0 aromatic heterocycles. The number of hydrogen-bond donors (Lipinski definition) is 2. The van der Waals surface area contributed by atoms with Crippen molar-refractivity contribution in [2.75, 3.05) is 26.7 Å². The van der Waals surface area contributed by atoms with E-state index in [1.807, 2.05) is 0 Å². The van der Waals surface area contributed by atoms with Crippen LogP contribution in [0.4, 0.5) is 0 Å². The van der Waals surface area contributed by atoms with E-state index in [0.29, 0.717) is 6.54 Å². The minimum atomic E-state index is -0.348. The minimum absolute atomic E-state index is 0.0330. The third kappa shape index (κ3) is 6.48. The fraction of sp³-hybridized carbons (Fsp3) is 0.667. The number of carbonyl (C=O) groups excluding carboxylic acids is 3. The molecular formula is C9H17N3O3. The third-order valence-corrected chi connectivity index (χ3v) is 1.74. The molecule has 2 N–H and O–H groups in total. The van der Waals surface area contributed by atoms with Crippen molar-refractivity contribution in [3.05, 3.63) is 0 Å². The molecule has 0 saturated heterocycles. The Balaban J connectivity index is 3.75. The maximum absolute atomic E-state index is 11.2. The van der Waals surface area contributed by atoms with E-state index in [-0.39, 0.29) is 30.8 Å². The minimum Gasteiger partial charge on any atom is -0.355 e. The zero-order valence-corrected chi connectivity index (χ0v) is 9.29. The van der Waals surface area contributed by atoms with Gasteiger partial charge in [0.25, 0.3) is 0 Å². The zero-order valence-electron chi connectivity index (χ0n) is 9.29. The summed E-state index contributed by atoms with van der Waals surface area (Å²) < 4.78 is 0. The summed E-state index contributed by atoms with van der Waals surface area (Å²) in [6, 6.07) is 0. The highest BCUT2D eigenvalue weighted by Gasteiger charge is 2.09. The first-order valence-electron chi connectivity index (χ1n) is 4.72. The van der Waals surface area contributed by atoms with Crippen molar-refractivity contribution in [3.8, 4) is 0 Å². The first-order chi connectivity index (χ1) is 6.97. The number of likely N-dealkylation sites (N-methyl/N-ethyl adjacent to an activating group) is 2. The quantitative estimate of drug-likeness (QED) is 0.599. The van der Waals surface area contributed by atoms with Crippen molar-refractivity contribution < 1.29 is 14.4 Å². The first kappa shape index (κ1) is 13.4. The molecule has 0 aliphatic rings. The van der Waals surface area contributed by atoms with Gasteiger partial charge in [-0.15, -0.1) is 0 Å². The molecule has 0 aromatic carbocycles. The van der Waals surface area contributed by atoms with Crippen molar-refractivity contribution in [3.63, 3.8) is 0 Å². The van der Waals surface area contributed by atoms with Gasteiger partial charge in [-0.25, -0.2) is 0 Å². The van der Waals surface area contributed by atoms with Crippen LogP contribution < -0.4 is 10.6 Å². The summed E-state index contributed by atoms with van der Waals surface area (Å²) in [5, 5.41) is 4.95. The molecule has 0 aliphatic carbocycles. The Kier molecular flexibility index (Phi) is 6.08. The van der Waals surface area contributed by atoms with E-state index in [4.69, 9.17) is 0 Å². The van der Waals surface area contributed by atoms with Crippen molar-refractivity contribution >= 4 is 17.7 Å². The molecule has 0 aromatic rings. The van der Waals surface area contributed by atoms with Gasteiger partial charge in [-0.3, -0.25) is 14.4 Å². The standard InChI is InChI=1S/C9H17N3O3/c1-4-10-8(14)5-11-9(15)6-12(3)7(2)13/h4-6H2,1-3H3,(H,10,14)(H,11,15). The van der Waals surface area contributed by atoms with Crippen molar-refractivity contribution in [2.45, 2.75) is 13.8 Å². The average molecular weight is 215 g/mol. The third-order valence-electron chi connectivity index (χ3n) is 1.74. The molecule has 6 nitrogen and oxygen atoms in total. The van der Waals surface area contributed by atoms with Crippen LogP contribution in [0.25, 0.3) is 0 Å². The highest BCUT2D eigenvalue weighted by atomic mass is 16.2. The van der Waals surface area contributed by atoms with Crippen molar-refractivity contribution in [1.82, 2.24) is 15.5 Å². The molecule has 0 aliphatic heterocycles. The molecule has 86 valence electrons. The van der Waals surface area contributed by atoms with Crippen LogP contribution in [0.1, 0.15) is 13.8 Å². The molecular weight excluding hydrogens is 198 g/mol. The Morgan fingerprint density at radius 2 is 1.73 bits per heavy atom. The first-order valence-corrected chi connectivity index (χ1v) is 4.72. The van der Waals surface area contributed by atoms with E-state index >= 15 is 0 Å². The molecule has 0 radical (unpaired) electrons. The molecule has 0 fully saturated rings. The summed E-state index contributed by atoms with van der Waals surface area (Å²) in [4.78, 5) is 34.2. The Morgan fingerprint density at radius 3 is 2.20 bits per heavy atom. The highest BCUT2D eigenvalue weighted by Crippen LogP contribution is 1.82. The van der Waals surface area contributed by atoms with E-state index < -0.39 is 0 Å². The van der Waals surface area contributed by atoms with E-state index in [1.165, 1.54) is 18.9 Å². The van der Waals surface area contributed by atoms with E-state index in [1.54, 1.807) is 6.92 Å². The lowest BCUT2D eigenvalue weighted by atomic mass is 10.4. The molecule has 0 saturated carbocycles. The fourth-order valence-electron chi connectivity index (χ4n) is 0.821. The topological polar surface area (TPSA) is 78.5 Å². The maximum Gasteiger partial charge on any atom is 0.240 e. The van der Waals surface area contributed by atoms with Crippen LogP contribution in [0, 0.1) is 0 Å². The second-order valence-electron chi connectivity index (χ2n) is 3.11. The second-order valence-corrected chi connectivity index (χ2v) is 3.11. The largest absolute Gasteiger partial charge is 0.355 e. The smallest absolute Gasteiger partial charge is 0.240 e. The number of nitrogens with zero attached hydrogens (tertiary/aromatic N) is 1. The monoisotopic (exact) mass is 215 g/mol. The fourth-order valence-corrected chi connectivity index (χ4v) is 0.821. The molecule has 0 bridgehead atoms. The van der Waals surface area contributed by atoms with E-state index in [9.17, 15) is 14.4 Å². The molecule has 0 unspecified atom stereocenters. The summed E-state index contributed by atoms with van der Waals surface area (Å²) in [5.41, 5.74) is 0. The van der Waals surface area contributed by atoms with Gasteiger partial charge in [-0.1, -0.05) is 0 Å². The van der Waals surface area contributed by atoms with Crippen molar-refractivity contribution in [1.29, 1.82) is 0 Å². The van der Waals surface area contributed by atoms with Crippen LogP contribution in [0.3, 0.4) is 0 Å². The molecule has 3 amide bonds. The number of rotatable bonds is 5. The van der Waals surface area contributed by atoms with Gasteiger partial charge in [-0.2, -0.15) is 0 Å². The number of carbonyl (C=O) groups is 3. The Labute approximate surface area is 89.0 Å². The van der Waals surface area contributed by atoms with Crippen LogP contribution in [-0.4, -0.2) is 49.3 Å². The van der Waals surface area contributed by atoms with Gasteiger partial charge < -0.3 is 15.5 Å². The normalized spacial score (nSPS) is 9.27. The summed E-state index contributed by atoms with van der Waals surface area (Å²) >= 11 is 0. The van der Waals surface area contributed by atoms with Gasteiger partial charge in [0.1, 0.15) is 0 Å². The summed E-state index contributed by atoms with van der Waals surface area (Å²) in [5.74, 6) is -0.779. The average Bonchev–Trinajstić information content (AvgIpc) is 2.15. The maximum atomic E-state index is 11.2. The molecule has 0 atom stereocenters. The number of nitrogens with one attached hydrogen (secondary N) is 2. The van der Waals surface area contributed by atoms with Crippen LogP contribution in [0.5, 0.6) is 0 Å². The van der Waals surface area contributed by atoms with Crippen LogP contribution in [0.2, 0.25) is 0 Å². The lowest BCUT2D eigenvalue weighted by Crippen LogP contribution is -2.42. The Morgan fingerprint density at radius 1 is 1.13 bits per heavy atom. The predicted molar refractivity (Wildman–Crippen MR) is 55.0 cm³/mol. The van der Waals surface area contributed by atoms with E-state index in [0.717, 1.165) is 0 Å². The number of hydrogen-bond acceptors (Lipinski definition) is 3. The molecule has 0 spiro atoms. The van der Waals surface area contributed by atoms with Gasteiger partial charge in [0, 0.05) is 20.5 Å². The summed E-state index contributed by atoms with van der Waals surface area (Å²) in [6.07, 6.45) is 0. The van der Waals surface area contributed by atoms with Crippen LogP contribution in [-0.2, 0) is 14.4 Å². The van der Waals surface area contributed by atoms with Crippen molar-refractivity contribution in [2.24, 2.45) is 0 Å². The van der Waals surface area contributed by atoms with Crippen LogP contribution >= 0.6 is 0 Å². The van der Waals surface area contributed by atoms with Gasteiger partial charge in [0.05, 0.1) is 13.1 Å². The Bertz CT molecular complexity index is 253. The molecule has 6 heteroatoms. The number of amides is 3. The lowest BCUT2D eigenvalue weighted by molar-refractivity contribution is -0.133. The lowest BCUT2D eigenvalue weighted by Gasteiger charge is -2.13. The van der Waals surface area contributed by atoms with Gasteiger partial charge >= 0.3 is 0 Å². The Hall–Kier alpha value is -1.59. The molecule has 15 heavy (non-hydrogen) atoms. The SMILES string of the molecule is CCNC(=O)CNC(=O)CN(C)C(C)=O. The van der Waals surface area contributed by atoms with Gasteiger partial charge in [-0.05, 0) is 6.92 Å². The summed E-state index contributed by atoms with van der Waals surface area (Å²) in [6.45, 7) is 3.61. The highest BCUT2D eigenvalue weighted by molar-refractivity contribution is 5.87. The predicted octanol–water partition coefficient (Wildman–Crippen LogP) is -1.28. The second kappa shape index (κ2) is 6.80.